The van der Waals surface area contributed by atoms with Gasteiger partial charge in [0, 0.05) is 16.5 Å². The molecule has 0 spiro atoms. The average molecular weight is 261 g/mol. The molecule has 94 valence electrons. The van der Waals surface area contributed by atoms with E-state index in [1.807, 2.05) is 18.2 Å². The normalized spacial score (nSPS) is 14.9. The van der Waals surface area contributed by atoms with E-state index < -0.39 is 0 Å². The minimum atomic E-state index is 0.547. The van der Waals surface area contributed by atoms with Crippen LogP contribution in [0.25, 0.3) is 0 Å². The first kappa shape index (κ1) is 11.6. The van der Waals surface area contributed by atoms with E-state index in [-0.39, 0.29) is 0 Å². The minimum Gasteiger partial charge on any atom is -0.399 e. The zero-order valence-corrected chi connectivity index (χ0v) is 11.0. The largest absolute Gasteiger partial charge is 0.399 e. The van der Waals surface area contributed by atoms with Gasteiger partial charge in [-0.3, -0.25) is 0 Å². The van der Waals surface area contributed by atoms with Crippen LogP contribution in [0, 0.1) is 6.92 Å². The van der Waals surface area contributed by atoms with Gasteiger partial charge in [-0.05, 0) is 43.5 Å². The van der Waals surface area contributed by atoms with Crippen LogP contribution >= 0.6 is 11.8 Å². The van der Waals surface area contributed by atoms with E-state index in [4.69, 9.17) is 10.3 Å². The quantitative estimate of drug-likeness (QED) is 0.676. The molecule has 1 heterocycles. The monoisotopic (exact) mass is 261 g/mol. The maximum atomic E-state index is 5.73. The predicted octanol–water partition coefficient (Wildman–Crippen LogP) is 3.13. The minimum absolute atomic E-state index is 0.547. The molecular formula is C13H15N3OS. The summed E-state index contributed by atoms with van der Waals surface area (Å²) >= 11 is 1.70. The van der Waals surface area contributed by atoms with Crippen molar-refractivity contribution in [1.82, 2.24) is 10.1 Å². The summed E-state index contributed by atoms with van der Waals surface area (Å²) in [6.45, 7) is 2.06. The summed E-state index contributed by atoms with van der Waals surface area (Å²) in [6, 6.07) is 5.93. The van der Waals surface area contributed by atoms with Gasteiger partial charge in [-0.25, -0.2) is 0 Å². The Morgan fingerprint density at radius 3 is 3.00 bits per heavy atom. The lowest BCUT2D eigenvalue weighted by Crippen LogP contribution is -1.88. The molecule has 2 aromatic rings. The molecule has 1 saturated carbocycles. The third kappa shape index (κ3) is 2.51. The average Bonchev–Trinajstić information content (AvgIpc) is 3.08. The summed E-state index contributed by atoms with van der Waals surface area (Å²) in [5.74, 6) is 2.84. The Morgan fingerprint density at radius 2 is 2.28 bits per heavy atom. The van der Waals surface area contributed by atoms with Crippen molar-refractivity contribution < 1.29 is 4.52 Å². The van der Waals surface area contributed by atoms with Crippen LogP contribution in [0.4, 0.5) is 5.69 Å². The van der Waals surface area contributed by atoms with Gasteiger partial charge in [-0.1, -0.05) is 5.16 Å². The molecular weight excluding hydrogens is 246 g/mol. The summed E-state index contributed by atoms with van der Waals surface area (Å²) in [5, 5.41) is 4.01. The number of nitrogens with zero attached hydrogens (tertiary/aromatic N) is 2. The molecule has 0 unspecified atom stereocenters. The van der Waals surface area contributed by atoms with E-state index >= 15 is 0 Å². The zero-order valence-electron chi connectivity index (χ0n) is 10.2. The van der Waals surface area contributed by atoms with Crippen LogP contribution in [0.1, 0.15) is 36.0 Å². The Hall–Kier alpha value is -1.49. The van der Waals surface area contributed by atoms with Crippen LogP contribution in [-0.4, -0.2) is 10.1 Å². The third-order valence-corrected chi connectivity index (χ3v) is 4.14. The molecule has 18 heavy (non-hydrogen) atoms. The lowest BCUT2D eigenvalue weighted by molar-refractivity contribution is 0.385. The summed E-state index contributed by atoms with van der Waals surface area (Å²) in [7, 11) is 0. The molecule has 1 aliphatic carbocycles. The molecule has 0 atom stereocenters. The summed E-state index contributed by atoms with van der Waals surface area (Å²) in [6.07, 6.45) is 2.40. The fraction of sp³-hybridized carbons (Fsp3) is 0.385. The smallest absolute Gasteiger partial charge is 0.237 e. The molecule has 3 rings (SSSR count). The van der Waals surface area contributed by atoms with E-state index in [2.05, 4.69) is 17.1 Å². The van der Waals surface area contributed by atoms with Gasteiger partial charge < -0.3 is 10.3 Å². The number of nitrogens with two attached hydrogens (primary N) is 1. The van der Waals surface area contributed by atoms with Crippen LogP contribution in [-0.2, 0) is 5.75 Å². The predicted molar refractivity (Wildman–Crippen MR) is 71.4 cm³/mol. The highest BCUT2D eigenvalue weighted by atomic mass is 32.2. The molecule has 0 saturated heterocycles. The Kier molecular flexibility index (Phi) is 2.99. The van der Waals surface area contributed by atoms with E-state index in [0.29, 0.717) is 17.6 Å². The maximum absolute atomic E-state index is 5.73. The van der Waals surface area contributed by atoms with Crippen LogP contribution < -0.4 is 5.73 Å². The highest BCUT2D eigenvalue weighted by Gasteiger charge is 2.28. The molecule has 5 heteroatoms. The summed E-state index contributed by atoms with van der Waals surface area (Å²) in [5.41, 5.74) is 7.71. The SMILES string of the molecule is Cc1cc(N)ccc1SCc1nc(C2CC2)no1. The topological polar surface area (TPSA) is 64.9 Å². The molecule has 0 amide bonds. The molecule has 4 nitrogen and oxygen atoms in total. The number of aryl methyl sites for hydroxylation is 1. The van der Waals surface area contributed by atoms with Crippen molar-refractivity contribution >= 4 is 17.4 Å². The molecule has 0 radical (unpaired) electrons. The van der Waals surface area contributed by atoms with Gasteiger partial charge in [0.2, 0.25) is 5.89 Å². The first-order valence-corrected chi connectivity index (χ1v) is 7.02. The van der Waals surface area contributed by atoms with Crippen molar-refractivity contribution in [1.29, 1.82) is 0 Å². The van der Waals surface area contributed by atoms with Crippen LogP contribution in [0.5, 0.6) is 0 Å². The van der Waals surface area contributed by atoms with Crippen LogP contribution in [0.2, 0.25) is 0 Å². The lowest BCUT2D eigenvalue weighted by Gasteiger charge is -2.04. The molecule has 0 bridgehead atoms. The number of hydrogen-bond donors (Lipinski definition) is 1. The van der Waals surface area contributed by atoms with Crippen LogP contribution in [0.15, 0.2) is 27.6 Å². The Balaban J connectivity index is 1.65. The molecule has 2 N–H and O–H groups in total. The van der Waals surface area contributed by atoms with Crippen molar-refractivity contribution in [3.63, 3.8) is 0 Å². The van der Waals surface area contributed by atoms with Crippen molar-refractivity contribution in [2.75, 3.05) is 5.73 Å². The fourth-order valence-electron chi connectivity index (χ4n) is 1.81. The number of benzene rings is 1. The van der Waals surface area contributed by atoms with Gasteiger partial charge >= 0.3 is 0 Å². The second-order valence-corrected chi connectivity index (χ2v) is 5.65. The molecule has 0 aliphatic heterocycles. The molecule has 1 aromatic heterocycles. The number of aromatic nitrogens is 2. The Bertz CT molecular complexity index is 563. The van der Waals surface area contributed by atoms with E-state index in [1.165, 1.54) is 23.3 Å². The zero-order chi connectivity index (χ0) is 12.5. The molecule has 1 fully saturated rings. The third-order valence-electron chi connectivity index (χ3n) is 2.98. The van der Waals surface area contributed by atoms with Gasteiger partial charge in [-0.15, -0.1) is 11.8 Å². The van der Waals surface area contributed by atoms with Crippen molar-refractivity contribution in [3.8, 4) is 0 Å². The van der Waals surface area contributed by atoms with E-state index in [1.54, 1.807) is 11.8 Å². The highest BCUT2D eigenvalue weighted by Crippen LogP contribution is 2.38. The molecule has 1 aromatic carbocycles. The van der Waals surface area contributed by atoms with Crippen LogP contribution in [0.3, 0.4) is 0 Å². The second kappa shape index (κ2) is 4.65. The van der Waals surface area contributed by atoms with Crippen molar-refractivity contribution in [3.05, 3.63) is 35.5 Å². The molecule has 1 aliphatic rings. The van der Waals surface area contributed by atoms with Gasteiger partial charge in [0.05, 0.1) is 5.75 Å². The number of nitrogen functional groups attached to an aromatic ring is 1. The number of anilines is 1. The fourth-order valence-corrected chi connectivity index (χ4v) is 2.66. The standard InChI is InChI=1S/C13H15N3OS/c1-8-6-10(14)4-5-11(8)18-7-12-15-13(16-17-12)9-2-3-9/h4-6,9H,2-3,7,14H2,1H3. The number of thioether (sulfide) groups is 1. The van der Waals surface area contributed by atoms with Crippen molar-refractivity contribution in [2.24, 2.45) is 0 Å². The number of rotatable bonds is 4. The Labute approximate surface area is 110 Å². The first-order valence-electron chi connectivity index (χ1n) is 6.04. The van der Waals surface area contributed by atoms with Gasteiger partial charge in [0.1, 0.15) is 0 Å². The number of hydrogen-bond acceptors (Lipinski definition) is 5. The summed E-state index contributed by atoms with van der Waals surface area (Å²) in [4.78, 5) is 5.62. The lowest BCUT2D eigenvalue weighted by atomic mass is 10.2. The summed E-state index contributed by atoms with van der Waals surface area (Å²) < 4.78 is 5.24. The highest BCUT2D eigenvalue weighted by molar-refractivity contribution is 7.98. The first-order chi connectivity index (χ1) is 8.72. The van der Waals surface area contributed by atoms with Gasteiger partial charge in [0.25, 0.3) is 0 Å². The van der Waals surface area contributed by atoms with Gasteiger partial charge in [0.15, 0.2) is 5.82 Å². The van der Waals surface area contributed by atoms with E-state index in [9.17, 15) is 0 Å². The van der Waals surface area contributed by atoms with Gasteiger partial charge in [-0.2, -0.15) is 4.98 Å². The second-order valence-electron chi connectivity index (χ2n) is 4.63. The maximum Gasteiger partial charge on any atom is 0.237 e. The van der Waals surface area contributed by atoms with E-state index in [0.717, 1.165) is 11.5 Å². The van der Waals surface area contributed by atoms with Crippen molar-refractivity contribution in [2.45, 2.75) is 36.3 Å². The Morgan fingerprint density at radius 1 is 1.44 bits per heavy atom.